The molecule has 1 heterocycles. The number of nitrogens with zero attached hydrogens (tertiary/aromatic N) is 3. The quantitative estimate of drug-likeness (QED) is 0.824. The lowest BCUT2D eigenvalue weighted by Crippen LogP contribution is -2.09. The molecule has 0 radical (unpaired) electrons. The summed E-state index contributed by atoms with van der Waals surface area (Å²) in [6.07, 6.45) is -0.175. The number of aromatic amines is 1. The van der Waals surface area contributed by atoms with Crippen molar-refractivity contribution in [3.63, 3.8) is 0 Å². The maximum absolute atomic E-state index is 12.8. The highest BCUT2D eigenvalue weighted by Gasteiger charge is 2.21. The number of hydrogen-bond acceptors (Lipinski definition) is 4. The van der Waals surface area contributed by atoms with Crippen LogP contribution in [0.3, 0.4) is 0 Å². The molecule has 2 rings (SSSR count). The molecule has 0 saturated heterocycles. The van der Waals surface area contributed by atoms with Crippen molar-refractivity contribution in [2.75, 3.05) is 0 Å². The summed E-state index contributed by atoms with van der Waals surface area (Å²) in [5, 5.41) is 22.0. The molecule has 2 N–H and O–H groups in total. The Hall–Kier alpha value is -2.31. The standard InChI is InChI=1S/C10H9FN4O2/c11-7-3-1-6(2-4-7)8(5-9(16)17)10-12-14-15-13-10/h1-4,8H,5H2,(H,16,17)(H,12,13,14,15). The summed E-state index contributed by atoms with van der Waals surface area (Å²) in [5.74, 6) is -1.62. The fourth-order valence-corrected chi connectivity index (χ4v) is 1.55. The van der Waals surface area contributed by atoms with Crippen LogP contribution in [0, 0.1) is 5.82 Å². The number of carboxylic acid groups (broad SMARTS) is 1. The molecule has 0 aliphatic rings. The van der Waals surface area contributed by atoms with Crippen molar-refractivity contribution in [2.45, 2.75) is 12.3 Å². The van der Waals surface area contributed by atoms with Gasteiger partial charge in [-0.05, 0) is 17.7 Å². The first-order valence-corrected chi connectivity index (χ1v) is 4.87. The van der Waals surface area contributed by atoms with Crippen molar-refractivity contribution in [3.8, 4) is 0 Å². The second kappa shape index (κ2) is 4.69. The van der Waals surface area contributed by atoms with Crippen molar-refractivity contribution >= 4 is 5.97 Å². The van der Waals surface area contributed by atoms with Gasteiger partial charge in [0, 0.05) is 0 Å². The molecule has 0 amide bonds. The van der Waals surface area contributed by atoms with Gasteiger partial charge in [0.1, 0.15) is 5.82 Å². The van der Waals surface area contributed by atoms with Crippen LogP contribution in [0.15, 0.2) is 24.3 Å². The number of halogens is 1. The molecule has 17 heavy (non-hydrogen) atoms. The fourth-order valence-electron chi connectivity index (χ4n) is 1.55. The molecule has 2 aromatic rings. The third kappa shape index (κ3) is 2.63. The van der Waals surface area contributed by atoms with Gasteiger partial charge in [-0.2, -0.15) is 5.21 Å². The Bertz CT molecular complexity index is 498. The van der Waals surface area contributed by atoms with Gasteiger partial charge in [-0.15, -0.1) is 10.2 Å². The minimum atomic E-state index is -0.982. The number of carbonyl (C=O) groups is 1. The van der Waals surface area contributed by atoms with Gasteiger partial charge in [-0.3, -0.25) is 4.79 Å². The molecule has 1 unspecified atom stereocenters. The van der Waals surface area contributed by atoms with E-state index in [0.717, 1.165) is 0 Å². The average Bonchev–Trinajstić information content (AvgIpc) is 2.80. The predicted molar refractivity (Wildman–Crippen MR) is 54.7 cm³/mol. The van der Waals surface area contributed by atoms with E-state index in [2.05, 4.69) is 20.6 Å². The molecule has 0 aliphatic heterocycles. The normalized spacial score (nSPS) is 12.3. The van der Waals surface area contributed by atoms with E-state index in [1.165, 1.54) is 24.3 Å². The van der Waals surface area contributed by atoms with Crippen LogP contribution in [0.2, 0.25) is 0 Å². The second-order valence-electron chi connectivity index (χ2n) is 3.47. The van der Waals surface area contributed by atoms with Crippen LogP contribution in [-0.4, -0.2) is 31.7 Å². The van der Waals surface area contributed by atoms with Gasteiger partial charge in [0.25, 0.3) is 0 Å². The number of nitrogens with one attached hydrogen (secondary N) is 1. The smallest absolute Gasteiger partial charge is 0.304 e. The van der Waals surface area contributed by atoms with Crippen molar-refractivity contribution in [1.82, 2.24) is 20.6 Å². The zero-order valence-electron chi connectivity index (χ0n) is 8.67. The Morgan fingerprint density at radius 1 is 1.41 bits per heavy atom. The maximum Gasteiger partial charge on any atom is 0.304 e. The van der Waals surface area contributed by atoms with Gasteiger partial charge in [-0.25, -0.2) is 4.39 Å². The Balaban J connectivity index is 2.33. The van der Waals surface area contributed by atoms with E-state index in [-0.39, 0.29) is 18.1 Å². The van der Waals surface area contributed by atoms with Crippen molar-refractivity contribution in [2.24, 2.45) is 0 Å². The lowest BCUT2D eigenvalue weighted by Gasteiger charge is -2.10. The van der Waals surface area contributed by atoms with E-state index in [0.29, 0.717) is 5.56 Å². The van der Waals surface area contributed by atoms with Crippen molar-refractivity contribution in [3.05, 3.63) is 41.5 Å². The third-order valence-corrected chi connectivity index (χ3v) is 2.32. The van der Waals surface area contributed by atoms with Gasteiger partial charge in [0.2, 0.25) is 0 Å². The first-order valence-electron chi connectivity index (χ1n) is 4.87. The molecule has 7 heteroatoms. The van der Waals surface area contributed by atoms with Crippen LogP contribution in [0.5, 0.6) is 0 Å². The molecular weight excluding hydrogens is 227 g/mol. The summed E-state index contributed by atoms with van der Waals surface area (Å²) in [6, 6.07) is 5.56. The zero-order valence-corrected chi connectivity index (χ0v) is 8.67. The number of aromatic nitrogens is 4. The van der Waals surface area contributed by atoms with Gasteiger partial charge < -0.3 is 5.11 Å². The van der Waals surface area contributed by atoms with E-state index < -0.39 is 11.9 Å². The highest BCUT2D eigenvalue weighted by Crippen LogP contribution is 2.24. The fraction of sp³-hybridized carbons (Fsp3) is 0.200. The van der Waals surface area contributed by atoms with Crippen molar-refractivity contribution in [1.29, 1.82) is 0 Å². The molecule has 0 bridgehead atoms. The van der Waals surface area contributed by atoms with Crippen LogP contribution < -0.4 is 0 Å². The number of hydrogen-bond donors (Lipinski definition) is 2. The molecular formula is C10H9FN4O2. The van der Waals surface area contributed by atoms with Gasteiger partial charge in [0.15, 0.2) is 5.82 Å². The number of benzene rings is 1. The predicted octanol–water partition coefficient (Wildman–Crippen LogP) is 0.945. The summed E-state index contributed by atoms with van der Waals surface area (Å²) < 4.78 is 12.8. The molecule has 1 aromatic heterocycles. The first-order chi connectivity index (χ1) is 8.16. The minimum Gasteiger partial charge on any atom is -0.481 e. The SMILES string of the molecule is O=C(O)CC(c1ccc(F)cc1)c1nn[nH]n1. The Morgan fingerprint density at radius 3 is 2.65 bits per heavy atom. The molecule has 1 aromatic carbocycles. The van der Waals surface area contributed by atoms with E-state index in [1.807, 2.05) is 0 Å². The number of aliphatic carboxylic acids is 1. The Labute approximate surface area is 95.5 Å². The van der Waals surface area contributed by atoms with Crippen LogP contribution in [0.4, 0.5) is 4.39 Å². The topological polar surface area (TPSA) is 91.8 Å². The summed E-state index contributed by atoms with van der Waals surface area (Å²) >= 11 is 0. The Kier molecular flexibility index (Phi) is 3.08. The largest absolute Gasteiger partial charge is 0.481 e. The van der Waals surface area contributed by atoms with Crippen LogP contribution in [0.25, 0.3) is 0 Å². The number of H-pyrrole nitrogens is 1. The molecule has 6 nitrogen and oxygen atoms in total. The molecule has 0 saturated carbocycles. The number of rotatable bonds is 4. The summed E-state index contributed by atoms with van der Waals surface area (Å²) in [5.41, 5.74) is 0.634. The van der Waals surface area contributed by atoms with E-state index in [1.54, 1.807) is 0 Å². The van der Waals surface area contributed by atoms with Crippen LogP contribution in [-0.2, 0) is 4.79 Å². The lowest BCUT2D eigenvalue weighted by molar-refractivity contribution is -0.137. The highest BCUT2D eigenvalue weighted by atomic mass is 19.1. The highest BCUT2D eigenvalue weighted by molar-refractivity contribution is 5.68. The second-order valence-corrected chi connectivity index (χ2v) is 3.47. The number of tetrazole rings is 1. The average molecular weight is 236 g/mol. The Morgan fingerprint density at radius 2 is 2.12 bits per heavy atom. The summed E-state index contributed by atoms with van der Waals surface area (Å²) in [4.78, 5) is 10.8. The van der Waals surface area contributed by atoms with E-state index >= 15 is 0 Å². The first kappa shape index (κ1) is 11.2. The minimum absolute atomic E-state index is 0.175. The molecule has 0 aliphatic carbocycles. The number of carboxylic acids is 1. The van der Waals surface area contributed by atoms with Gasteiger partial charge in [-0.1, -0.05) is 17.3 Å². The molecule has 88 valence electrons. The van der Waals surface area contributed by atoms with Gasteiger partial charge in [0.05, 0.1) is 12.3 Å². The lowest BCUT2D eigenvalue weighted by atomic mass is 9.95. The summed E-state index contributed by atoms with van der Waals surface area (Å²) in [6.45, 7) is 0. The maximum atomic E-state index is 12.8. The van der Waals surface area contributed by atoms with E-state index in [9.17, 15) is 9.18 Å². The monoisotopic (exact) mass is 236 g/mol. The van der Waals surface area contributed by atoms with Crippen LogP contribution in [0.1, 0.15) is 23.7 Å². The summed E-state index contributed by atoms with van der Waals surface area (Å²) in [7, 11) is 0. The molecule has 1 atom stereocenters. The van der Waals surface area contributed by atoms with Gasteiger partial charge >= 0.3 is 5.97 Å². The third-order valence-electron chi connectivity index (χ3n) is 2.32. The van der Waals surface area contributed by atoms with Crippen LogP contribution >= 0.6 is 0 Å². The molecule has 0 spiro atoms. The van der Waals surface area contributed by atoms with E-state index in [4.69, 9.17) is 5.11 Å². The molecule has 0 fully saturated rings. The zero-order chi connectivity index (χ0) is 12.3. The van der Waals surface area contributed by atoms with Crippen molar-refractivity contribution < 1.29 is 14.3 Å².